The Kier molecular flexibility index (Phi) is 4.04. The van der Waals surface area contributed by atoms with Crippen LogP contribution in [0.3, 0.4) is 0 Å². The summed E-state index contributed by atoms with van der Waals surface area (Å²) in [5.74, 6) is 0. The average molecular weight is 268 g/mol. The van der Waals surface area contributed by atoms with Crippen molar-refractivity contribution in [2.75, 3.05) is 0 Å². The lowest BCUT2D eigenvalue weighted by Gasteiger charge is -2.27. The summed E-state index contributed by atoms with van der Waals surface area (Å²) in [7, 11) is 0. The number of halogens is 1. The number of nitrogens with zero attached hydrogens (tertiary/aromatic N) is 1. The Morgan fingerprint density at radius 2 is 1.42 bits per heavy atom. The Balaban J connectivity index is 2.63. The van der Waals surface area contributed by atoms with Crippen molar-refractivity contribution in [3.63, 3.8) is 0 Å². The lowest BCUT2D eigenvalue weighted by Crippen LogP contribution is -2.25. The van der Waals surface area contributed by atoms with Crippen LogP contribution in [0.1, 0.15) is 17.5 Å². The summed E-state index contributed by atoms with van der Waals surface area (Å²) in [5, 5.41) is 10.3. The molecule has 0 radical (unpaired) electrons. The second-order valence-electron chi connectivity index (χ2n) is 4.44. The summed E-state index contributed by atoms with van der Waals surface area (Å²) >= 11 is 6.00. The normalized spacial score (nSPS) is 10.7. The molecule has 0 unspecified atom stereocenters. The van der Waals surface area contributed by atoms with Crippen LogP contribution in [0, 0.1) is 11.3 Å². The first-order valence-electron chi connectivity index (χ1n) is 6.04. The number of hydrogen-bond acceptors (Lipinski definition) is 1. The van der Waals surface area contributed by atoms with E-state index in [1.165, 1.54) is 0 Å². The summed E-state index contributed by atoms with van der Waals surface area (Å²) in [4.78, 5) is 0. The third-order valence-electron chi connectivity index (χ3n) is 3.18. The van der Waals surface area contributed by atoms with Crippen molar-refractivity contribution < 1.29 is 0 Å². The van der Waals surface area contributed by atoms with E-state index in [1.54, 1.807) is 0 Å². The molecule has 2 rings (SSSR count). The molecule has 0 aliphatic rings. The first-order chi connectivity index (χ1) is 9.19. The lowest BCUT2D eigenvalue weighted by atomic mass is 9.73. The molecule has 0 saturated carbocycles. The Bertz CT molecular complexity index is 557. The van der Waals surface area contributed by atoms with E-state index in [-0.39, 0.29) is 0 Å². The van der Waals surface area contributed by atoms with Crippen molar-refractivity contribution in [1.29, 1.82) is 5.26 Å². The van der Waals surface area contributed by atoms with Crippen LogP contribution in [0.5, 0.6) is 0 Å². The first kappa shape index (κ1) is 13.4. The topological polar surface area (TPSA) is 23.8 Å². The Labute approximate surface area is 118 Å². The molecule has 1 nitrogen and oxygen atoms in total. The van der Waals surface area contributed by atoms with E-state index in [0.29, 0.717) is 11.5 Å². The largest absolute Gasteiger partial charge is 0.197 e. The van der Waals surface area contributed by atoms with Gasteiger partial charge in [-0.05, 0) is 11.1 Å². The molecule has 0 heterocycles. The van der Waals surface area contributed by atoms with Gasteiger partial charge in [0, 0.05) is 11.5 Å². The maximum Gasteiger partial charge on any atom is 0.112 e. The molecule has 0 aliphatic heterocycles. The zero-order valence-electron chi connectivity index (χ0n) is 10.5. The molecular formula is C17H14ClN. The van der Waals surface area contributed by atoms with Gasteiger partial charge in [-0.15, -0.1) is 0 Å². The molecule has 0 amide bonds. The van der Waals surface area contributed by atoms with Gasteiger partial charge in [0.05, 0.1) is 6.07 Å². The Morgan fingerprint density at radius 1 is 1.00 bits per heavy atom. The fourth-order valence-electron chi connectivity index (χ4n) is 2.27. The molecule has 0 N–H and O–H groups in total. The molecule has 0 aliphatic carbocycles. The molecule has 2 aromatic carbocycles. The minimum Gasteiger partial charge on any atom is -0.197 e. The van der Waals surface area contributed by atoms with E-state index in [4.69, 9.17) is 11.6 Å². The van der Waals surface area contributed by atoms with Gasteiger partial charge in [0.1, 0.15) is 5.41 Å². The van der Waals surface area contributed by atoms with Gasteiger partial charge < -0.3 is 0 Å². The molecule has 0 spiro atoms. The highest BCUT2D eigenvalue weighted by Gasteiger charge is 2.34. The fourth-order valence-corrected chi connectivity index (χ4v) is 2.47. The molecule has 19 heavy (non-hydrogen) atoms. The summed E-state index contributed by atoms with van der Waals surface area (Å²) in [6, 6.07) is 21.9. The second kappa shape index (κ2) is 5.73. The zero-order chi connectivity index (χ0) is 13.7. The van der Waals surface area contributed by atoms with Crippen molar-refractivity contribution in [3.8, 4) is 6.07 Å². The number of nitriles is 1. The summed E-state index contributed by atoms with van der Waals surface area (Å²) < 4.78 is 0. The maximum absolute atomic E-state index is 9.78. The highest BCUT2D eigenvalue weighted by molar-refractivity contribution is 6.29. The number of allylic oxidation sites excluding steroid dienone is 1. The van der Waals surface area contributed by atoms with Crippen LogP contribution in [-0.2, 0) is 5.41 Å². The smallest absolute Gasteiger partial charge is 0.112 e. The Hall–Kier alpha value is -2.04. The SMILES string of the molecule is C=C(Cl)CC(C#N)(c1ccccc1)c1ccccc1. The highest BCUT2D eigenvalue weighted by Crippen LogP contribution is 2.38. The van der Waals surface area contributed by atoms with Crippen molar-refractivity contribution in [1.82, 2.24) is 0 Å². The number of benzene rings is 2. The second-order valence-corrected chi connectivity index (χ2v) is 4.98. The molecule has 0 saturated heterocycles. The summed E-state index contributed by atoms with van der Waals surface area (Å²) in [6.07, 6.45) is 0.402. The van der Waals surface area contributed by atoms with E-state index >= 15 is 0 Å². The fraction of sp³-hybridized carbons (Fsp3) is 0.118. The van der Waals surface area contributed by atoms with Crippen molar-refractivity contribution in [2.24, 2.45) is 0 Å². The van der Waals surface area contributed by atoms with Gasteiger partial charge in [-0.1, -0.05) is 78.8 Å². The van der Waals surface area contributed by atoms with Crippen molar-refractivity contribution in [3.05, 3.63) is 83.4 Å². The van der Waals surface area contributed by atoms with Gasteiger partial charge >= 0.3 is 0 Å². The first-order valence-corrected chi connectivity index (χ1v) is 6.42. The van der Waals surface area contributed by atoms with Crippen LogP contribution < -0.4 is 0 Å². The molecule has 0 atom stereocenters. The van der Waals surface area contributed by atoms with E-state index in [1.807, 2.05) is 60.7 Å². The average Bonchev–Trinajstić information content (AvgIpc) is 2.46. The molecule has 0 aromatic heterocycles. The predicted molar refractivity (Wildman–Crippen MR) is 78.9 cm³/mol. The quantitative estimate of drug-likeness (QED) is 0.792. The summed E-state index contributed by atoms with van der Waals surface area (Å²) in [5.41, 5.74) is 1.09. The van der Waals surface area contributed by atoms with E-state index in [9.17, 15) is 5.26 Å². The summed E-state index contributed by atoms with van der Waals surface area (Å²) in [6.45, 7) is 3.75. The van der Waals surface area contributed by atoms with Gasteiger partial charge in [0.25, 0.3) is 0 Å². The van der Waals surface area contributed by atoms with E-state index in [0.717, 1.165) is 11.1 Å². The van der Waals surface area contributed by atoms with E-state index in [2.05, 4.69) is 12.6 Å². The molecule has 0 fully saturated rings. The third-order valence-corrected chi connectivity index (χ3v) is 3.31. The van der Waals surface area contributed by atoms with Gasteiger partial charge in [-0.3, -0.25) is 0 Å². The molecule has 94 valence electrons. The third kappa shape index (κ3) is 2.70. The van der Waals surface area contributed by atoms with Crippen LogP contribution in [0.2, 0.25) is 0 Å². The molecular weight excluding hydrogens is 254 g/mol. The van der Waals surface area contributed by atoms with Crippen LogP contribution in [0.4, 0.5) is 0 Å². The van der Waals surface area contributed by atoms with Gasteiger partial charge in [0.15, 0.2) is 0 Å². The maximum atomic E-state index is 9.78. The molecule has 2 aromatic rings. The van der Waals surface area contributed by atoms with E-state index < -0.39 is 5.41 Å². The van der Waals surface area contributed by atoms with Gasteiger partial charge in [-0.25, -0.2) is 0 Å². The van der Waals surface area contributed by atoms with Crippen molar-refractivity contribution in [2.45, 2.75) is 11.8 Å². The van der Waals surface area contributed by atoms with Crippen LogP contribution in [0.25, 0.3) is 0 Å². The van der Waals surface area contributed by atoms with Gasteiger partial charge in [0.2, 0.25) is 0 Å². The van der Waals surface area contributed by atoms with Crippen molar-refractivity contribution >= 4 is 11.6 Å². The van der Waals surface area contributed by atoms with Crippen LogP contribution in [0.15, 0.2) is 72.3 Å². The van der Waals surface area contributed by atoms with Crippen LogP contribution >= 0.6 is 11.6 Å². The monoisotopic (exact) mass is 267 g/mol. The minimum absolute atomic E-state index is 0.402. The Morgan fingerprint density at radius 3 is 1.74 bits per heavy atom. The molecule has 0 bridgehead atoms. The standard InChI is InChI=1S/C17H14ClN/c1-14(18)12-17(13-19,15-8-4-2-5-9-15)16-10-6-3-7-11-16/h2-11H,1,12H2. The highest BCUT2D eigenvalue weighted by atomic mass is 35.5. The zero-order valence-corrected chi connectivity index (χ0v) is 11.3. The lowest BCUT2D eigenvalue weighted by molar-refractivity contribution is 0.664. The number of rotatable bonds is 4. The molecule has 2 heteroatoms. The number of hydrogen-bond donors (Lipinski definition) is 0. The predicted octanol–water partition coefficient (Wildman–Crippen LogP) is 4.64. The van der Waals surface area contributed by atoms with Gasteiger partial charge in [-0.2, -0.15) is 5.26 Å². The minimum atomic E-state index is -0.776. The van der Waals surface area contributed by atoms with Crippen LogP contribution in [-0.4, -0.2) is 0 Å².